The first-order valence-corrected chi connectivity index (χ1v) is 10.8. The number of rotatable bonds is 5. The van der Waals surface area contributed by atoms with Crippen LogP contribution in [0.5, 0.6) is 5.88 Å². The lowest BCUT2D eigenvalue weighted by Gasteiger charge is -2.33. The van der Waals surface area contributed by atoms with Gasteiger partial charge in [-0.2, -0.15) is 0 Å². The Hall–Kier alpha value is -2.60. The van der Waals surface area contributed by atoms with Crippen molar-refractivity contribution in [2.75, 3.05) is 7.11 Å². The molecule has 7 heteroatoms. The van der Waals surface area contributed by atoms with Gasteiger partial charge in [-0.15, -0.1) is 0 Å². The highest BCUT2D eigenvalue weighted by Gasteiger charge is 2.47. The fraction of sp³-hybridized carbons (Fsp3) is 0.435. The van der Waals surface area contributed by atoms with Gasteiger partial charge in [-0.05, 0) is 49.4 Å². The lowest BCUT2D eigenvalue weighted by Crippen LogP contribution is -2.49. The minimum atomic E-state index is -0.479. The molecule has 1 aromatic carbocycles. The highest BCUT2D eigenvalue weighted by atomic mass is 35.5. The van der Waals surface area contributed by atoms with E-state index in [1.807, 2.05) is 17.0 Å². The second-order valence-corrected chi connectivity index (χ2v) is 8.41. The van der Waals surface area contributed by atoms with E-state index in [4.69, 9.17) is 16.3 Å². The number of nitrogens with zero attached hydrogens (tertiary/aromatic N) is 2. The lowest BCUT2D eigenvalue weighted by atomic mass is 9.84. The summed E-state index contributed by atoms with van der Waals surface area (Å²) in [5, 5.41) is 3.51. The van der Waals surface area contributed by atoms with Gasteiger partial charge in [-0.1, -0.05) is 36.6 Å². The molecule has 1 aliphatic heterocycles. The fourth-order valence-corrected chi connectivity index (χ4v) is 4.99. The molecule has 158 valence electrons. The number of benzene rings is 1. The van der Waals surface area contributed by atoms with E-state index in [1.54, 1.807) is 37.6 Å². The van der Waals surface area contributed by atoms with E-state index in [9.17, 15) is 9.59 Å². The number of hydrogen-bond donors (Lipinski definition) is 1. The number of carbonyl (C=O) groups excluding carboxylic acids is 2. The fourth-order valence-electron chi connectivity index (χ4n) is 4.80. The molecular weight excluding hydrogens is 402 g/mol. The first kappa shape index (κ1) is 20.7. The zero-order valence-corrected chi connectivity index (χ0v) is 17.8. The average Bonchev–Trinajstić information content (AvgIpc) is 3.17. The number of amides is 2. The van der Waals surface area contributed by atoms with Crippen LogP contribution in [0, 0.1) is 5.92 Å². The van der Waals surface area contributed by atoms with Crippen LogP contribution in [0.1, 0.15) is 48.0 Å². The van der Waals surface area contributed by atoms with Crippen LogP contribution in [0.25, 0.3) is 0 Å². The number of halogens is 1. The van der Waals surface area contributed by atoms with Crippen molar-refractivity contribution in [2.45, 2.75) is 50.7 Å². The predicted octanol–water partition coefficient (Wildman–Crippen LogP) is 3.83. The van der Waals surface area contributed by atoms with Gasteiger partial charge in [0, 0.05) is 34.9 Å². The molecule has 3 unspecified atom stereocenters. The topological polar surface area (TPSA) is 71.5 Å². The SMILES string of the molecule is COc1ncccc1CNC(=O)C1CC2CCCCC2N1C(=O)c1cccc(Cl)c1. The first-order valence-electron chi connectivity index (χ1n) is 10.4. The van der Waals surface area contributed by atoms with Gasteiger partial charge < -0.3 is 15.0 Å². The van der Waals surface area contributed by atoms with Crippen LogP contribution in [0.15, 0.2) is 42.6 Å². The Morgan fingerprint density at radius 3 is 2.87 bits per heavy atom. The summed E-state index contributed by atoms with van der Waals surface area (Å²) in [6.45, 7) is 0.306. The molecule has 0 bridgehead atoms. The van der Waals surface area contributed by atoms with Gasteiger partial charge in [-0.25, -0.2) is 4.98 Å². The summed E-state index contributed by atoms with van der Waals surface area (Å²) < 4.78 is 5.27. The molecule has 3 atom stereocenters. The number of likely N-dealkylation sites (tertiary alicyclic amines) is 1. The largest absolute Gasteiger partial charge is 0.481 e. The number of aromatic nitrogens is 1. The third-order valence-electron chi connectivity index (χ3n) is 6.19. The molecule has 1 N–H and O–H groups in total. The maximum Gasteiger partial charge on any atom is 0.254 e. The Kier molecular flexibility index (Phi) is 6.23. The molecule has 1 aliphatic carbocycles. The van der Waals surface area contributed by atoms with Gasteiger partial charge >= 0.3 is 0 Å². The maximum absolute atomic E-state index is 13.4. The Morgan fingerprint density at radius 1 is 1.23 bits per heavy atom. The van der Waals surface area contributed by atoms with Crippen LogP contribution in [0.2, 0.25) is 5.02 Å². The van der Waals surface area contributed by atoms with E-state index in [1.165, 1.54) is 0 Å². The Labute approximate surface area is 181 Å². The minimum absolute atomic E-state index is 0.105. The molecule has 30 heavy (non-hydrogen) atoms. The summed E-state index contributed by atoms with van der Waals surface area (Å²) in [6, 6.07) is 10.3. The molecule has 2 aliphatic rings. The molecule has 2 heterocycles. The molecule has 1 saturated carbocycles. The molecule has 2 fully saturated rings. The van der Waals surface area contributed by atoms with E-state index in [0.717, 1.165) is 31.2 Å². The molecule has 1 saturated heterocycles. The number of pyridine rings is 1. The molecule has 4 rings (SSSR count). The summed E-state index contributed by atoms with van der Waals surface area (Å²) >= 11 is 6.11. The standard InChI is InChI=1S/C23H26ClN3O3/c1-30-22-17(8-5-11-25-22)14-26-21(28)20-13-15-6-2-3-10-19(15)27(20)23(29)16-7-4-9-18(24)12-16/h4-5,7-9,11-12,15,19-20H,2-3,6,10,13-14H2,1H3,(H,26,28). The average molecular weight is 428 g/mol. The van der Waals surface area contributed by atoms with Gasteiger partial charge in [0.25, 0.3) is 5.91 Å². The molecular formula is C23H26ClN3O3. The molecule has 2 amide bonds. The van der Waals surface area contributed by atoms with Crippen molar-refractivity contribution in [1.29, 1.82) is 0 Å². The zero-order chi connectivity index (χ0) is 21.1. The van der Waals surface area contributed by atoms with Crippen LogP contribution in [-0.4, -0.2) is 40.9 Å². The van der Waals surface area contributed by atoms with E-state index < -0.39 is 6.04 Å². The third kappa shape index (κ3) is 4.15. The van der Waals surface area contributed by atoms with Crippen LogP contribution in [0.3, 0.4) is 0 Å². The lowest BCUT2D eigenvalue weighted by molar-refractivity contribution is -0.125. The maximum atomic E-state index is 13.4. The van der Waals surface area contributed by atoms with Crippen molar-refractivity contribution in [1.82, 2.24) is 15.2 Å². The summed E-state index contributed by atoms with van der Waals surface area (Å²) in [5.74, 6) is 0.604. The summed E-state index contributed by atoms with van der Waals surface area (Å²) in [4.78, 5) is 32.6. The Morgan fingerprint density at radius 2 is 2.07 bits per heavy atom. The summed E-state index contributed by atoms with van der Waals surface area (Å²) in [6.07, 6.45) is 6.59. The molecule has 1 aromatic heterocycles. The number of nitrogens with one attached hydrogen (secondary N) is 1. The van der Waals surface area contributed by atoms with E-state index in [2.05, 4.69) is 10.3 Å². The van der Waals surface area contributed by atoms with Crippen molar-refractivity contribution in [3.8, 4) is 5.88 Å². The van der Waals surface area contributed by atoms with Crippen molar-refractivity contribution >= 4 is 23.4 Å². The second kappa shape index (κ2) is 9.04. The van der Waals surface area contributed by atoms with Gasteiger partial charge in [0.15, 0.2) is 0 Å². The van der Waals surface area contributed by atoms with Crippen LogP contribution in [-0.2, 0) is 11.3 Å². The number of methoxy groups -OCH3 is 1. The van der Waals surface area contributed by atoms with Crippen molar-refractivity contribution in [3.05, 3.63) is 58.7 Å². The van der Waals surface area contributed by atoms with E-state index in [-0.39, 0.29) is 17.9 Å². The van der Waals surface area contributed by atoms with Crippen molar-refractivity contribution in [2.24, 2.45) is 5.92 Å². The summed E-state index contributed by atoms with van der Waals surface area (Å²) in [7, 11) is 1.56. The number of carbonyl (C=O) groups is 2. The van der Waals surface area contributed by atoms with Gasteiger partial charge in [0.2, 0.25) is 11.8 Å². The number of hydrogen-bond acceptors (Lipinski definition) is 4. The first-order chi connectivity index (χ1) is 14.6. The Balaban J connectivity index is 1.55. The normalized spacial score (nSPS) is 23.0. The van der Waals surface area contributed by atoms with Crippen molar-refractivity contribution < 1.29 is 14.3 Å². The van der Waals surface area contributed by atoms with Crippen LogP contribution < -0.4 is 10.1 Å². The smallest absolute Gasteiger partial charge is 0.254 e. The van der Waals surface area contributed by atoms with Crippen molar-refractivity contribution in [3.63, 3.8) is 0 Å². The van der Waals surface area contributed by atoms with Crippen LogP contribution in [0.4, 0.5) is 0 Å². The predicted molar refractivity (Wildman–Crippen MR) is 114 cm³/mol. The monoisotopic (exact) mass is 427 g/mol. The van der Waals surface area contributed by atoms with Crippen LogP contribution >= 0.6 is 11.6 Å². The quantitative estimate of drug-likeness (QED) is 0.787. The second-order valence-electron chi connectivity index (χ2n) is 7.98. The number of ether oxygens (including phenoxy) is 1. The number of fused-ring (bicyclic) bond motifs is 1. The summed E-state index contributed by atoms with van der Waals surface area (Å²) in [5.41, 5.74) is 1.33. The third-order valence-corrected chi connectivity index (χ3v) is 6.43. The Bertz CT molecular complexity index is 935. The van der Waals surface area contributed by atoms with E-state index in [0.29, 0.717) is 35.3 Å². The van der Waals surface area contributed by atoms with Gasteiger partial charge in [-0.3, -0.25) is 9.59 Å². The highest BCUT2D eigenvalue weighted by Crippen LogP contribution is 2.40. The highest BCUT2D eigenvalue weighted by molar-refractivity contribution is 6.31. The molecule has 2 aromatic rings. The molecule has 6 nitrogen and oxygen atoms in total. The zero-order valence-electron chi connectivity index (χ0n) is 17.0. The van der Waals surface area contributed by atoms with E-state index >= 15 is 0 Å². The van der Waals surface area contributed by atoms with Gasteiger partial charge in [0.1, 0.15) is 6.04 Å². The molecule has 0 spiro atoms. The van der Waals surface area contributed by atoms with Gasteiger partial charge in [0.05, 0.1) is 7.11 Å². The minimum Gasteiger partial charge on any atom is -0.481 e. The molecule has 0 radical (unpaired) electrons.